The van der Waals surface area contributed by atoms with E-state index in [1.54, 1.807) is 18.2 Å². The van der Waals surface area contributed by atoms with Crippen LogP contribution in [0.3, 0.4) is 0 Å². The van der Waals surface area contributed by atoms with Crippen LogP contribution in [0.5, 0.6) is 5.75 Å². The van der Waals surface area contributed by atoms with Crippen molar-refractivity contribution in [2.45, 2.75) is 6.10 Å². The third-order valence-electron chi connectivity index (χ3n) is 4.05. The maximum absolute atomic E-state index is 12.4. The minimum absolute atomic E-state index is 0.0427. The van der Waals surface area contributed by atoms with Crippen molar-refractivity contribution < 1.29 is 28.5 Å². The number of morpholine rings is 1. The maximum Gasteiger partial charge on any atom is 0.326 e. The highest BCUT2D eigenvalue weighted by Gasteiger charge is 2.23. The molecule has 25 heavy (non-hydrogen) atoms. The zero-order valence-electron chi connectivity index (χ0n) is 14.2. The van der Waals surface area contributed by atoms with Crippen LogP contribution in [0.2, 0.25) is 0 Å². The number of nitrogens with zero attached hydrogens (tertiary/aromatic N) is 1. The molecule has 0 aliphatic carbocycles. The quantitative estimate of drug-likeness (QED) is 0.690. The van der Waals surface area contributed by atoms with Gasteiger partial charge in [0, 0.05) is 13.1 Å². The average molecular weight is 348 g/mol. The standard InChI is InChI=1S/C16H21BN2O6/c17-25-16(21)11-1-2-14(24-12-9-23-10-12)13(7-11)18-15(20)8-19-3-5-22-6-4-19/h1-2,7,12H,3-6,8-10,17H2,(H,18,20). The van der Waals surface area contributed by atoms with Gasteiger partial charge in [-0.05, 0) is 18.2 Å². The minimum Gasteiger partial charge on any atom is -0.540 e. The smallest absolute Gasteiger partial charge is 0.326 e. The van der Waals surface area contributed by atoms with Gasteiger partial charge in [-0.3, -0.25) is 9.69 Å². The van der Waals surface area contributed by atoms with Gasteiger partial charge in [0.2, 0.25) is 5.91 Å². The highest BCUT2D eigenvalue weighted by molar-refractivity contribution is 6.10. The number of benzene rings is 1. The molecule has 0 radical (unpaired) electrons. The molecule has 2 fully saturated rings. The summed E-state index contributed by atoms with van der Waals surface area (Å²) in [6.45, 7) is 3.98. The highest BCUT2D eigenvalue weighted by Crippen LogP contribution is 2.28. The van der Waals surface area contributed by atoms with Gasteiger partial charge in [-0.15, -0.1) is 0 Å². The van der Waals surface area contributed by atoms with Crippen LogP contribution in [0.15, 0.2) is 18.2 Å². The molecule has 0 aromatic heterocycles. The lowest BCUT2D eigenvalue weighted by molar-refractivity contribution is -0.118. The molecule has 1 N–H and O–H groups in total. The van der Waals surface area contributed by atoms with Crippen molar-refractivity contribution in [3.8, 4) is 5.75 Å². The van der Waals surface area contributed by atoms with E-state index in [4.69, 9.17) is 18.9 Å². The number of carbonyl (C=O) groups excluding carboxylic acids is 2. The van der Waals surface area contributed by atoms with Crippen LogP contribution in [-0.4, -0.2) is 77.0 Å². The van der Waals surface area contributed by atoms with E-state index in [0.717, 1.165) is 13.1 Å². The molecule has 2 aliphatic heterocycles. The Balaban J connectivity index is 1.70. The second-order valence-electron chi connectivity index (χ2n) is 5.92. The number of rotatable bonds is 6. The Labute approximate surface area is 146 Å². The fourth-order valence-corrected chi connectivity index (χ4v) is 2.59. The summed E-state index contributed by atoms with van der Waals surface area (Å²) in [6, 6.07) is 4.84. The Morgan fingerprint density at radius 3 is 2.64 bits per heavy atom. The molecule has 2 heterocycles. The molecule has 3 rings (SSSR count). The van der Waals surface area contributed by atoms with E-state index in [1.165, 1.54) is 8.05 Å². The summed E-state index contributed by atoms with van der Waals surface area (Å²) in [7, 11) is 1.31. The first kappa shape index (κ1) is 17.7. The second-order valence-corrected chi connectivity index (χ2v) is 5.92. The third kappa shape index (κ3) is 4.71. The summed E-state index contributed by atoms with van der Waals surface area (Å²) in [5.74, 6) is -0.128. The molecule has 0 saturated carbocycles. The first-order valence-electron chi connectivity index (χ1n) is 8.22. The number of hydrogen-bond acceptors (Lipinski definition) is 7. The van der Waals surface area contributed by atoms with Gasteiger partial charge in [-0.2, -0.15) is 0 Å². The van der Waals surface area contributed by atoms with Gasteiger partial charge in [0.15, 0.2) is 0 Å². The molecule has 8 nitrogen and oxygen atoms in total. The molecule has 1 aromatic rings. The lowest BCUT2D eigenvalue weighted by atomic mass is 10.1. The van der Waals surface area contributed by atoms with E-state index >= 15 is 0 Å². The molecular formula is C16H21BN2O6. The first-order valence-corrected chi connectivity index (χ1v) is 8.22. The number of carbonyl (C=O) groups is 2. The number of amides is 1. The second kappa shape index (κ2) is 8.33. The van der Waals surface area contributed by atoms with Gasteiger partial charge in [-0.1, -0.05) is 0 Å². The van der Waals surface area contributed by atoms with Crippen LogP contribution in [-0.2, 0) is 18.9 Å². The van der Waals surface area contributed by atoms with Gasteiger partial charge < -0.3 is 24.2 Å². The predicted molar refractivity (Wildman–Crippen MR) is 91.5 cm³/mol. The van der Waals surface area contributed by atoms with Gasteiger partial charge >= 0.3 is 14.0 Å². The minimum atomic E-state index is -0.470. The number of anilines is 1. The Morgan fingerprint density at radius 1 is 1.24 bits per heavy atom. The van der Waals surface area contributed by atoms with E-state index in [9.17, 15) is 9.59 Å². The molecule has 2 aliphatic rings. The van der Waals surface area contributed by atoms with Crippen molar-refractivity contribution in [2.75, 3.05) is 51.4 Å². The summed E-state index contributed by atoms with van der Waals surface area (Å²) in [6.07, 6.45) is -0.0427. The van der Waals surface area contributed by atoms with E-state index < -0.39 is 5.97 Å². The van der Waals surface area contributed by atoms with E-state index in [-0.39, 0.29) is 18.6 Å². The number of hydrogen-bond donors (Lipinski definition) is 1. The Bertz CT molecular complexity index is 631. The molecule has 134 valence electrons. The molecule has 1 amide bonds. The van der Waals surface area contributed by atoms with Crippen LogP contribution >= 0.6 is 0 Å². The molecular weight excluding hydrogens is 327 g/mol. The summed E-state index contributed by atoms with van der Waals surface area (Å²) >= 11 is 0. The first-order chi connectivity index (χ1) is 12.2. The van der Waals surface area contributed by atoms with Crippen molar-refractivity contribution in [1.82, 2.24) is 4.90 Å². The van der Waals surface area contributed by atoms with Crippen LogP contribution < -0.4 is 10.1 Å². The van der Waals surface area contributed by atoms with Crippen molar-refractivity contribution in [3.05, 3.63) is 23.8 Å². The van der Waals surface area contributed by atoms with E-state index in [1.807, 2.05) is 4.90 Å². The topological polar surface area (TPSA) is 86.3 Å². The Hall–Kier alpha value is -2.10. The van der Waals surface area contributed by atoms with E-state index in [0.29, 0.717) is 43.4 Å². The molecule has 0 atom stereocenters. The fourth-order valence-electron chi connectivity index (χ4n) is 2.59. The zero-order chi connectivity index (χ0) is 17.6. The summed E-state index contributed by atoms with van der Waals surface area (Å²) in [5.41, 5.74) is 0.800. The summed E-state index contributed by atoms with van der Waals surface area (Å²) in [4.78, 5) is 26.1. The van der Waals surface area contributed by atoms with E-state index in [2.05, 4.69) is 5.32 Å². The highest BCUT2D eigenvalue weighted by atomic mass is 16.6. The Morgan fingerprint density at radius 2 is 2.00 bits per heavy atom. The average Bonchev–Trinajstić information content (AvgIpc) is 2.59. The largest absolute Gasteiger partial charge is 0.540 e. The molecule has 2 saturated heterocycles. The fraction of sp³-hybridized carbons (Fsp3) is 0.500. The van der Waals surface area contributed by atoms with Crippen molar-refractivity contribution in [1.29, 1.82) is 0 Å². The number of ether oxygens (including phenoxy) is 3. The van der Waals surface area contributed by atoms with Crippen LogP contribution in [0.1, 0.15) is 10.4 Å². The van der Waals surface area contributed by atoms with Crippen molar-refractivity contribution in [2.24, 2.45) is 0 Å². The zero-order valence-corrected chi connectivity index (χ0v) is 14.2. The van der Waals surface area contributed by atoms with Crippen LogP contribution in [0, 0.1) is 0 Å². The van der Waals surface area contributed by atoms with Crippen molar-refractivity contribution >= 4 is 25.6 Å². The van der Waals surface area contributed by atoms with Crippen LogP contribution in [0.25, 0.3) is 0 Å². The normalized spacial score (nSPS) is 18.2. The molecule has 0 unspecified atom stereocenters. The number of nitrogens with one attached hydrogen (secondary N) is 1. The lowest BCUT2D eigenvalue weighted by Crippen LogP contribution is -2.41. The predicted octanol–water partition coefficient (Wildman–Crippen LogP) is -0.560. The molecule has 0 spiro atoms. The van der Waals surface area contributed by atoms with Gasteiger partial charge in [-0.25, -0.2) is 4.79 Å². The molecule has 9 heteroatoms. The molecule has 0 bridgehead atoms. The summed E-state index contributed by atoms with van der Waals surface area (Å²) < 4.78 is 20.9. The molecule has 1 aromatic carbocycles. The maximum atomic E-state index is 12.4. The van der Waals surface area contributed by atoms with Gasteiger partial charge in [0.1, 0.15) is 11.9 Å². The summed E-state index contributed by atoms with van der Waals surface area (Å²) in [5, 5.41) is 2.84. The Kier molecular flexibility index (Phi) is 5.90. The van der Waals surface area contributed by atoms with Crippen LogP contribution in [0.4, 0.5) is 5.69 Å². The third-order valence-corrected chi connectivity index (χ3v) is 4.05. The monoisotopic (exact) mass is 348 g/mol. The van der Waals surface area contributed by atoms with Gasteiger partial charge in [0.05, 0.1) is 44.2 Å². The van der Waals surface area contributed by atoms with Gasteiger partial charge in [0.25, 0.3) is 0 Å². The lowest BCUT2D eigenvalue weighted by Gasteiger charge is -2.28. The van der Waals surface area contributed by atoms with Crippen molar-refractivity contribution in [3.63, 3.8) is 0 Å². The SMILES string of the molecule is BOC(=O)c1ccc(OC2COC2)c(NC(=O)CN2CCOCC2)c1.